The minimum Gasteiger partial charge on any atom is -0.351 e. The molecule has 23 heavy (non-hydrogen) atoms. The van der Waals surface area contributed by atoms with E-state index in [9.17, 15) is 18.0 Å². The molecule has 8 heteroatoms. The van der Waals surface area contributed by atoms with E-state index in [2.05, 4.69) is 10.4 Å². The Morgan fingerprint density at radius 1 is 1.30 bits per heavy atom. The summed E-state index contributed by atoms with van der Waals surface area (Å²) in [7, 11) is -3.04. The second-order valence-electron chi connectivity index (χ2n) is 6.34. The number of sulfone groups is 1. The maximum Gasteiger partial charge on any atom is 0.267 e. The number of amides is 1. The molecule has 3 rings (SSSR count). The van der Waals surface area contributed by atoms with Crippen molar-refractivity contribution < 1.29 is 13.2 Å². The number of aromatic nitrogens is 2. The van der Waals surface area contributed by atoms with Gasteiger partial charge in [0.15, 0.2) is 9.84 Å². The molecule has 2 aliphatic rings. The first-order valence-electron chi connectivity index (χ1n) is 8.03. The number of nitrogens with one attached hydrogen (secondary N) is 1. The van der Waals surface area contributed by atoms with Crippen molar-refractivity contribution in [2.24, 2.45) is 0 Å². The van der Waals surface area contributed by atoms with Crippen molar-refractivity contribution in [1.29, 1.82) is 0 Å². The van der Waals surface area contributed by atoms with E-state index in [4.69, 9.17) is 0 Å². The van der Waals surface area contributed by atoms with E-state index in [-0.39, 0.29) is 35.6 Å². The van der Waals surface area contributed by atoms with Crippen LogP contribution in [0.15, 0.2) is 10.9 Å². The highest BCUT2D eigenvalue weighted by Gasteiger charge is 2.29. The van der Waals surface area contributed by atoms with Gasteiger partial charge >= 0.3 is 0 Å². The molecule has 1 aromatic rings. The molecule has 0 bridgehead atoms. The number of fused-ring (bicyclic) bond motifs is 1. The Hall–Kier alpha value is -1.70. The fraction of sp³-hybridized carbons (Fsp3) is 0.667. The Bertz CT molecular complexity index is 769. The lowest BCUT2D eigenvalue weighted by molar-refractivity contribution is -0.122. The van der Waals surface area contributed by atoms with Crippen molar-refractivity contribution in [2.75, 3.05) is 11.5 Å². The molecule has 0 spiro atoms. The van der Waals surface area contributed by atoms with Crippen LogP contribution in [0.2, 0.25) is 0 Å². The summed E-state index contributed by atoms with van der Waals surface area (Å²) in [6.07, 6.45) is 5.36. The molecule has 0 radical (unpaired) electrons. The molecule has 1 aromatic heterocycles. The predicted molar refractivity (Wildman–Crippen MR) is 85.0 cm³/mol. The van der Waals surface area contributed by atoms with Crippen LogP contribution in [0.1, 0.15) is 36.9 Å². The molecule has 0 saturated carbocycles. The van der Waals surface area contributed by atoms with Gasteiger partial charge in [-0.3, -0.25) is 9.59 Å². The molecule has 126 valence electrons. The molecule has 1 saturated heterocycles. The summed E-state index contributed by atoms with van der Waals surface area (Å²) in [5, 5.41) is 7.03. The monoisotopic (exact) mass is 339 g/mol. The zero-order valence-electron chi connectivity index (χ0n) is 13.0. The Balaban J connectivity index is 1.69. The van der Waals surface area contributed by atoms with Gasteiger partial charge in [0.1, 0.15) is 6.54 Å². The second kappa shape index (κ2) is 6.43. The topological polar surface area (TPSA) is 98.1 Å². The first kappa shape index (κ1) is 16.2. The van der Waals surface area contributed by atoms with Gasteiger partial charge in [0.2, 0.25) is 5.91 Å². The Morgan fingerprint density at radius 2 is 2.09 bits per heavy atom. The largest absolute Gasteiger partial charge is 0.351 e. The molecular weight excluding hydrogens is 318 g/mol. The lowest BCUT2D eigenvalue weighted by Crippen LogP contribution is -2.40. The maximum absolute atomic E-state index is 12.1. The standard InChI is InChI=1S/C15H21N3O4S/c19-14(16-12-6-7-23(21,22)10-12)9-18-15(20)8-11-4-2-1-3-5-13(11)17-18/h8,12H,1-7,9-10H2,(H,16,19). The molecule has 0 aromatic carbocycles. The lowest BCUT2D eigenvalue weighted by Gasteiger charge is -2.13. The van der Waals surface area contributed by atoms with E-state index in [0.29, 0.717) is 6.42 Å². The molecular formula is C15H21N3O4S. The highest BCUT2D eigenvalue weighted by Crippen LogP contribution is 2.16. The summed E-state index contributed by atoms with van der Waals surface area (Å²) in [6, 6.07) is 1.23. The van der Waals surface area contributed by atoms with Gasteiger partial charge in [0.05, 0.1) is 17.2 Å². The summed E-state index contributed by atoms with van der Waals surface area (Å²) >= 11 is 0. The average Bonchev–Trinajstić information content (AvgIpc) is 2.68. The highest BCUT2D eigenvalue weighted by molar-refractivity contribution is 7.91. The summed E-state index contributed by atoms with van der Waals surface area (Å²) in [6.45, 7) is -0.164. The zero-order valence-corrected chi connectivity index (χ0v) is 13.8. The van der Waals surface area contributed by atoms with Gasteiger partial charge in [-0.15, -0.1) is 0 Å². The normalized spacial score (nSPS) is 23.0. The third-order valence-electron chi connectivity index (χ3n) is 4.41. The molecule has 1 amide bonds. The Kier molecular flexibility index (Phi) is 4.52. The van der Waals surface area contributed by atoms with Crippen LogP contribution in [0.25, 0.3) is 0 Å². The van der Waals surface area contributed by atoms with Crippen LogP contribution in [0.3, 0.4) is 0 Å². The first-order valence-corrected chi connectivity index (χ1v) is 9.85. The van der Waals surface area contributed by atoms with E-state index in [0.717, 1.165) is 43.4 Å². The quantitative estimate of drug-likeness (QED) is 0.770. The van der Waals surface area contributed by atoms with E-state index in [1.165, 1.54) is 4.68 Å². The number of rotatable bonds is 3. The van der Waals surface area contributed by atoms with Crippen molar-refractivity contribution >= 4 is 15.7 Å². The van der Waals surface area contributed by atoms with Gasteiger partial charge in [0, 0.05) is 12.1 Å². The molecule has 1 atom stereocenters. The number of hydrogen-bond acceptors (Lipinski definition) is 5. The smallest absolute Gasteiger partial charge is 0.267 e. The van der Waals surface area contributed by atoms with Crippen molar-refractivity contribution in [2.45, 2.75) is 51.1 Å². The summed E-state index contributed by atoms with van der Waals surface area (Å²) in [5.41, 5.74) is 1.62. The van der Waals surface area contributed by atoms with Gasteiger partial charge in [-0.2, -0.15) is 5.10 Å². The van der Waals surface area contributed by atoms with Gasteiger partial charge in [-0.05, 0) is 37.7 Å². The molecule has 1 N–H and O–H groups in total. The van der Waals surface area contributed by atoms with Crippen LogP contribution in [0.5, 0.6) is 0 Å². The Labute approximate surface area is 135 Å². The summed E-state index contributed by atoms with van der Waals surface area (Å²) < 4.78 is 24.0. The number of carbonyl (C=O) groups is 1. The van der Waals surface area contributed by atoms with E-state index in [1.54, 1.807) is 6.07 Å². The van der Waals surface area contributed by atoms with Gasteiger partial charge in [-0.1, -0.05) is 6.42 Å². The van der Waals surface area contributed by atoms with E-state index >= 15 is 0 Å². The van der Waals surface area contributed by atoms with Crippen LogP contribution < -0.4 is 10.9 Å². The van der Waals surface area contributed by atoms with Crippen molar-refractivity contribution in [3.8, 4) is 0 Å². The first-order chi connectivity index (χ1) is 10.9. The van der Waals surface area contributed by atoms with Crippen molar-refractivity contribution in [3.63, 3.8) is 0 Å². The van der Waals surface area contributed by atoms with Crippen LogP contribution in [0, 0.1) is 0 Å². The average molecular weight is 339 g/mol. The predicted octanol–water partition coefficient (Wildman–Crippen LogP) is -0.184. The molecule has 1 aliphatic heterocycles. The molecule has 1 unspecified atom stereocenters. The fourth-order valence-corrected chi connectivity index (χ4v) is 4.88. The van der Waals surface area contributed by atoms with Gasteiger partial charge in [0.25, 0.3) is 5.56 Å². The number of hydrogen-bond donors (Lipinski definition) is 1. The molecule has 7 nitrogen and oxygen atoms in total. The lowest BCUT2D eigenvalue weighted by atomic mass is 10.1. The Morgan fingerprint density at radius 3 is 2.83 bits per heavy atom. The molecule has 1 aliphatic carbocycles. The fourth-order valence-electron chi connectivity index (χ4n) is 3.21. The summed E-state index contributed by atoms with van der Waals surface area (Å²) in [4.78, 5) is 24.2. The van der Waals surface area contributed by atoms with Gasteiger partial charge < -0.3 is 5.32 Å². The minimum absolute atomic E-state index is 0.0226. The third kappa shape index (κ3) is 3.99. The maximum atomic E-state index is 12.1. The van der Waals surface area contributed by atoms with E-state index < -0.39 is 9.84 Å². The van der Waals surface area contributed by atoms with Crippen LogP contribution in [-0.4, -0.2) is 41.7 Å². The second-order valence-corrected chi connectivity index (χ2v) is 8.57. The van der Waals surface area contributed by atoms with Crippen LogP contribution in [0.4, 0.5) is 0 Å². The number of carbonyl (C=O) groups excluding carboxylic acids is 1. The van der Waals surface area contributed by atoms with Crippen LogP contribution >= 0.6 is 0 Å². The van der Waals surface area contributed by atoms with Crippen molar-refractivity contribution in [1.82, 2.24) is 15.1 Å². The minimum atomic E-state index is -3.04. The highest BCUT2D eigenvalue weighted by atomic mass is 32.2. The number of aryl methyl sites for hydroxylation is 2. The van der Waals surface area contributed by atoms with Crippen LogP contribution in [-0.2, 0) is 34.0 Å². The number of nitrogens with zero attached hydrogens (tertiary/aromatic N) is 2. The SMILES string of the molecule is O=C(Cn1nc2c(cc1=O)CCCCC2)NC1CCS(=O)(=O)C1. The van der Waals surface area contributed by atoms with Crippen molar-refractivity contribution in [3.05, 3.63) is 27.7 Å². The third-order valence-corrected chi connectivity index (χ3v) is 6.18. The summed E-state index contributed by atoms with van der Waals surface area (Å²) in [5.74, 6) is -0.282. The molecule has 2 heterocycles. The zero-order chi connectivity index (χ0) is 16.4. The van der Waals surface area contributed by atoms with E-state index in [1.807, 2.05) is 0 Å². The van der Waals surface area contributed by atoms with Gasteiger partial charge in [-0.25, -0.2) is 13.1 Å². The molecule has 1 fully saturated rings.